The lowest BCUT2D eigenvalue weighted by molar-refractivity contribution is -0.132. The Kier molecular flexibility index (Phi) is 7.12. The van der Waals surface area contributed by atoms with Gasteiger partial charge >= 0.3 is 0 Å². The van der Waals surface area contributed by atoms with Crippen molar-refractivity contribution in [3.8, 4) is 11.5 Å². The van der Waals surface area contributed by atoms with E-state index in [1.54, 1.807) is 12.1 Å². The highest BCUT2D eigenvalue weighted by atomic mass is 32.2. The molecule has 166 valence electrons. The number of hydrogen-bond donors (Lipinski definition) is 0. The minimum absolute atomic E-state index is 0.0152. The van der Waals surface area contributed by atoms with Crippen molar-refractivity contribution < 1.29 is 19.1 Å². The maximum atomic E-state index is 13.0. The minimum Gasteiger partial charge on any atom is -0.490 e. The molecule has 0 spiro atoms. The predicted molar refractivity (Wildman–Crippen MR) is 131 cm³/mol. The normalized spacial score (nSPS) is 17.3. The molecule has 2 saturated heterocycles. The molecule has 4 rings (SSSR count). The Morgan fingerprint density at radius 3 is 2.56 bits per heavy atom. The molecule has 2 amide bonds. The van der Waals surface area contributed by atoms with Gasteiger partial charge in [-0.25, -0.2) is 0 Å². The van der Waals surface area contributed by atoms with E-state index in [9.17, 15) is 9.59 Å². The van der Waals surface area contributed by atoms with Crippen molar-refractivity contribution >= 4 is 51.9 Å². The number of para-hydroxylation sites is 1. The summed E-state index contributed by atoms with van der Waals surface area (Å²) in [6, 6.07) is 14.8. The molecule has 0 aromatic heterocycles. The zero-order valence-electron chi connectivity index (χ0n) is 17.8. The van der Waals surface area contributed by atoms with Crippen LogP contribution in [-0.2, 0) is 9.59 Å². The first-order valence-corrected chi connectivity index (χ1v) is 11.8. The highest BCUT2D eigenvalue weighted by Gasteiger charge is 2.33. The molecule has 2 aliphatic rings. The summed E-state index contributed by atoms with van der Waals surface area (Å²) in [5.74, 6) is 0.877. The van der Waals surface area contributed by atoms with Gasteiger partial charge in [0.05, 0.1) is 17.2 Å². The van der Waals surface area contributed by atoms with Crippen molar-refractivity contribution in [2.45, 2.75) is 19.8 Å². The van der Waals surface area contributed by atoms with Gasteiger partial charge in [-0.15, -0.1) is 0 Å². The molecular formula is C24H24N2O4S2. The Morgan fingerprint density at radius 2 is 1.84 bits per heavy atom. The Hall–Kier alpha value is -2.84. The molecule has 2 fully saturated rings. The Balaban J connectivity index is 1.50. The van der Waals surface area contributed by atoms with E-state index in [4.69, 9.17) is 21.7 Å². The maximum absolute atomic E-state index is 13.0. The number of thioether (sulfide) groups is 1. The summed E-state index contributed by atoms with van der Waals surface area (Å²) < 4.78 is 12.0. The molecule has 2 aromatic carbocycles. The number of rotatable bonds is 7. The first-order chi connectivity index (χ1) is 15.6. The zero-order chi connectivity index (χ0) is 22.5. The third-order valence-electron chi connectivity index (χ3n) is 5.18. The molecule has 2 aromatic rings. The van der Waals surface area contributed by atoms with Gasteiger partial charge in [0.25, 0.3) is 11.8 Å². The van der Waals surface area contributed by atoms with Gasteiger partial charge in [0, 0.05) is 13.1 Å². The summed E-state index contributed by atoms with van der Waals surface area (Å²) in [5, 5.41) is 0. The van der Waals surface area contributed by atoms with Gasteiger partial charge in [0.2, 0.25) is 0 Å². The first-order valence-electron chi connectivity index (χ1n) is 10.6. The summed E-state index contributed by atoms with van der Waals surface area (Å²) >= 11 is 6.70. The second kappa shape index (κ2) is 10.2. The minimum atomic E-state index is -0.152. The van der Waals surface area contributed by atoms with Crippen LogP contribution in [0.15, 0.2) is 53.4 Å². The van der Waals surface area contributed by atoms with Crippen molar-refractivity contribution in [1.82, 2.24) is 4.90 Å². The van der Waals surface area contributed by atoms with Crippen molar-refractivity contribution in [1.29, 1.82) is 0 Å². The molecule has 0 aliphatic carbocycles. The number of carbonyl (C=O) groups excluding carboxylic acids is 2. The highest BCUT2D eigenvalue weighted by Crippen LogP contribution is 2.37. The van der Waals surface area contributed by atoms with Crippen LogP contribution in [-0.4, -0.2) is 47.3 Å². The quantitative estimate of drug-likeness (QED) is 0.441. The first kappa shape index (κ1) is 22.4. The van der Waals surface area contributed by atoms with E-state index in [2.05, 4.69) is 0 Å². The zero-order valence-corrected chi connectivity index (χ0v) is 19.4. The van der Waals surface area contributed by atoms with Crippen LogP contribution in [0.4, 0.5) is 5.69 Å². The SMILES string of the molecule is CCOc1cc(/C=C2\SC(=S)N(c3ccccc3)C2=O)ccc1OCC(=O)N1CCCC1. The van der Waals surface area contributed by atoms with Crippen LogP contribution in [0, 0.1) is 0 Å². The van der Waals surface area contributed by atoms with Crippen LogP contribution in [0.2, 0.25) is 0 Å². The number of amides is 2. The van der Waals surface area contributed by atoms with Crippen molar-refractivity contribution in [2.75, 3.05) is 31.2 Å². The van der Waals surface area contributed by atoms with Gasteiger partial charge in [-0.1, -0.05) is 48.2 Å². The molecular weight excluding hydrogens is 444 g/mol. The number of benzene rings is 2. The smallest absolute Gasteiger partial charge is 0.270 e. The van der Waals surface area contributed by atoms with E-state index in [1.807, 2.05) is 54.3 Å². The summed E-state index contributed by atoms with van der Waals surface area (Å²) in [4.78, 5) is 29.1. The average Bonchev–Trinajstić information content (AvgIpc) is 3.42. The molecule has 2 heterocycles. The molecule has 8 heteroatoms. The Labute approximate surface area is 197 Å². The van der Waals surface area contributed by atoms with Crippen LogP contribution in [0.25, 0.3) is 6.08 Å². The number of thiocarbonyl (C=S) groups is 1. The summed E-state index contributed by atoms with van der Waals surface area (Å²) in [5.41, 5.74) is 1.54. The van der Waals surface area contributed by atoms with Gasteiger partial charge < -0.3 is 14.4 Å². The average molecular weight is 469 g/mol. The fourth-order valence-corrected chi connectivity index (χ4v) is 4.92. The van der Waals surface area contributed by atoms with Crippen LogP contribution >= 0.6 is 24.0 Å². The maximum Gasteiger partial charge on any atom is 0.270 e. The Bertz CT molecular complexity index is 1050. The van der Waals surface area contributed by atoms with Crippen molar-refractivity contribution in [2.24, 2.45) is 0 Å². The number of anilines is 1. The van der Waals surface area contributed by atoms with Crippen LogP contribution in [0.1, 0.15) is 25.3 Å². The molecule has 0 N–H and O–H groups in total. The standard InChI is InChI=1S/C24H24N2O4S2/c1-2-29-20-14-17(10-11-19(20)30-16-22(27)25-12-6-7-13-25)15-21-23(28)26(24(31)32-21)18-8-4-3-5-9-18/h3-5,8-11,14-15H,2,6-7,12-13,16H2,1H3/b21-15-. The molecule has 0 bridgehead atoms. The summed E-state index contributed by atoms with van der Waals surface area (Å²) in [7, 11) is 0. The van der Waals surface area contributed by atoms with Crippen molar-refractivity contribution in [3.63, 3.8) is 0 Å². The van der Waals surface area contributed by atoms with E-state index in [0.717, 1.165) is 37.2 Å². The van der Waals surface area contributed by atoms with Gasteiger partial charge in [-0.3, -0.25) is 14.5 Å². The van der Waals surface area contributed by atoms with Crippen LogP contribution in [0.5, 0.6) is 11.5 Å². The largest absolute Gasteiger partial charge is 0.490 e. The molecule has 0 unspecified atom stereocenters. The second-order valence-electron chi connectivity index (χ2n) is 7.37. The Morgan fingerprint density at radius 1 is 1.09 bits per heavy atom. The molecule has 0 radical (unpaired) electrons. The lowest BCUT2D eigenvalue weighted by Gasteiger charge is -2.17. The van der Waals surface area contributed by atoms with E-state index in [1.165, 1.54) is 16.7 Å². The number of nitrogens with zero attached hydrogens (tertiary/aromatic N) is 2. The van der Waals surface area contributed by atoms with E-state index < -0.39 is 0 Å². The second-order valence-corrected chi connectivity index (χ2v) is 9.04. The molecule has 0 atom stereocenters. The third-order valence-corrected chi connectivity index (χ3v) is 6.49. The van der Waals surface area contributed by atoms with Gasteiger partial charge in [-0.05, 0) is 55.7 Å². The highest BCUT2D eigenvalue weighted by molar-refractivity contribution is 8.27. The van der Waals surface area contributed by atoms with Gasteiger partial charge in [-0.2, -0.15) is 0 Å². The summed E-state index contributed by atoms with van der Waals surface area (Å²) in [6.45, 7) is 3.91. The lowest BCUT2D eigenvalue weighted by Crippen LogP contribution is -2.32. The van der Waals surface area contributed by atoms with Crippen LogP contribution < -0.4 is 14.4 Å². The lowest BCUT2D eigenvalue weighted by atomic mass is 10.1. The fourth-order valence-electron chi connectivity index (χ4n) is 3.62. The number of ether oxygens (including phenoxy) is 2. The molecule has 0 saturated carbocycles. The van der Waals surface area contributed by atoms with Gasteiger partial charge in [0.1, 0.15) is 0 Å². The van der Waals surface area contributed by atoms with E-state index >= 15 is 0 Å². The van der Waals surface area contributed by atoms with E-state index in [-0.39, 0.29) is 18.4 Å². The summed E-state index contributed by atoms with van der Waals surface area (Å²) in [6.07, 6.45) is 3.88. The van der Waals surface area contributed by atoms with Crippen molar-refractivity contribution in [3.05, 3.63) is 59.0 Å². The fraction of sp³-hybridized carbons (Fsp3) is 0.292. The predicted octanol–water partition coefficient (Wildman–Crippen LogP) is 4.49. The number of carbonyl (C=O) groups is 2. The molecule has 2 aliphatic heterocycles. The molecule has 32 heavy (non-hydrogen) atoms. The topological polar surface area (TPSA) is 59.1 Å². The number of hydrogen-bond acceptors (Lipinski definition) is 6. The molecule has 6 nitrogen and oxygen atoms in total. The van der Waals surface area contributed by atoms with Crippen LogP contribution in [0.3, 0.4) is 0 Å². The monoisotopic (exact) mass is 468 g/mol. The van der Waals surface area contributed by atoms with E-state index in [0.29, 0.717) is 27.3 Å². The third kappa shape index (κ3) is 4.97. The van der Waals surface area contributed by atoms with Gasteiger partial charge in [0.15, 0.2) is 22.4 Å². The number of likely N-dealkylation sites (tertiary alicyclic amines) is 1.